The van der Waals surface area contributed by atoms with Gasteiger partial charge in [-0.25, -0.2) is 0 Å². The topological polar surface area (TPSA) is 61.3 Å². The summed E-state index contributed by atoms with van der Waals surface area (Å²) < 4.78 is 10.1. The van der Waals surface area contributed by atoms with Crippen LogP contribution in [0.4, 0.5) is 5.88 Å². The second-order valence-corrected chi connectivity index (χ2v) is 4.06. The number of hydrogen-bond acceptors (Lipinski definition) is 5. The highest BCUT2D eigenvalue weighted by Gasteiger charge is 2.11. The first kappa shape index (κ1) is 10.9. The lowest BCUT2D eigenvalue weighted by molar-refractivity contribution is 0.413. The number of nitrogens with zero attached hydrogens (tertiary/aromatic N) is 1. The molecule has 0 bridgehead atoms. The monoisotopic (exact) mass is 236 g/mol. The molecule has 0 radical (unpaired) electrons. The van der Waals surface area contributed by atoms with Crippen LogP contribution in [0.5, 0.6) is 5.75 Å². The van der Waals surface area contributed by atoms with E-state index < -0.39 is 0 Å². The summed E-state index contributed by atoms with van der Waals surface area (Å²) >= 11 is 1.66. The van der Waals surface area contributed by atoms with Crippen LogP contribution in [-0.4, -0.2) is 18.5 Å². The van der Waals surface area contributed by atoms with Gasteiger partial charge in [0.25, 0.3) is 0 Å². The quantitative estimate of drug-likeness (QED) is 0.830. The predicted molar refractivity (Wildman–Crippen MR) is 64.7 cm³/mol. The molecule has 0 spiro atoms. The standard InChI is InChI=1S/C11H12N2O2S/c1-14-10-4-3-7(16-2)5-8(10)9-6-11(12)15-13-9/h3-6H,12H2,1-2H3. The molecule has 2 rings (SSSR count). The van der Waals surface area contributed by atoms with Crippen LogP contribution in [0.1, 0.15) is 0 Å². The molecule has 16 heavy (non-hydrogen) atoms. The third-order valence-electron chi connectivity index (χ3n) is 2.21. The number of hydrogen-bond donors (Lipinski definition) is 1. The Kier molecular flexibility index (Phi) is 3.05. The van der Waals surface area contributed by atoms with Crippen molar-refractivity contribution >= 4 is 17.6 Å². The minimum absolute atomic E-state index is 0.298. The lowest BCUT2D eigenvalue weighted by atomic mass is 10.1. The molecule has 84 valence electrons. The molecular weight excluding hydrogens is 224 g/mol. The van der Waals surface area contributed by atoms with Crippen LogP contribution in [0.2, 0.25) is 0 Å². The maximum absolute atomic E-state index is 5.50. The van der Waals surface area contributed by atoms with Crippen LogP contribution in [-0.2, 0) is 0 Å². The molecule has 2 aromatic rings. The summed E-state index contributed by atoms with van der Waals surface area (Å²) in [6.45, 7) is 0. The van der Waals surface area contributed by atoms with Crippen LogP contribution in [0.3, 0.4) is 0 Å². The molecule has 4 nitrogen and oxygen atoms in total. The Balaban J connectivity index is 2.52. The van der Waals surface area contributed by atoms with Gasteiger partial charge in [0.05, 0.1) is 7.11 Å². The van der Waals surface area contributed by atoms with E-state index in [1.165, 1.54) is 0 Å². The second-order valence-electron chi connectivity index (χ2n) is 3.18. The van der Waals surface area contributed by atoms with Crippen LogP contribution in [0.25, 0.3) is 11.3 Å². The Morgan fingerprint density at radius 1 is 1.38 bits per heavy atom. The van der Waals surface area contributed by atoms with E-state index in [1.807, 2.05) is 24.5 Å². The van der Waals surface area contributed by atoms with Gasteiger partial charge in [0, 0.05) is 16.5 Å². The van der Waals surface area contributed by atoms with Crippen molar-refractivity contribution < 1.29 is 9.26 Å². The van der Waals surface area contributed by atoms with Crippen molar-refractivity contribution in [1.29, 1.82) is 0 Å². The fraction of sp³-hybridized carbons (Fsp3) is 0.182. The van der Waals surface area contributed by atoms with E-state index in [0.717, 1.165) is 16.2 Å². The van der Waals surface area contributed by atoms with E-state index in [-0.39, 0.29) is 0 Å². The number of methoxy groups -OCH3 is 1. The Hall–Kier alpha value is -1.62. The van der Waals surface area contributed by atoms with Gasteiger partial charge >= 0.3 is 0 Å². The van der Waals surface area contributed by atoms with Crippen molar-refractivity contribution in [3.05, 3.63) is 24.3 Å². The molecule has 0 aliphatic carbocycles. The van der Waals surface area contributed by atoms with Crippen molar-refractivity contribution in [1.82, 2.24) is 5.16 Å². The summed E-state index contributed by atoms with van der Waals surface area (Å²) in [4.78, 5) is 1.14. The molecule has 0 aliphatic heterocycles. The van der Waals surface area contributed by atoms with Crippen molar-refractivity contribution in [2.24, 2.45) is 0 Å². The van der Waals surface area contributed by atoms with Gasteiger partial charge < -0.3 is 15.0 Å². The molecule has 0 saturated heterocycles. The third-order valence-corrected chi connectivity index (χ3v) is 2.94. The van der Waals surface area contributed by atoms with Gasteiger partial charge in [0.1, 0.15) is 11.4 Å². The molecule has 0 fully saturated rings. The molecule has 0 aliphatic rings. The molecule has 2 N–H and O–H groups in total. The number of rotatable bonds is 3. The van der Waals surface area contributed by atoms with E-state index in [0.29, 0.717) is 11.6 Å². The van der Waals surface area contributed by atoms with E-state index in [4.69, 9.17) is 15.0 Å². The molecule has 0 amide bonds. The van der Waals surface area contributed by atoms with Crippen LogP contribution >= 0.6 is 11.8 Å². The average molecular weight is 236 g/mol. The third kappa shape index (κ3) is 1.99. The minimum atomic E-state index is 0.298. The summed E-state index contributed by atoms with van der Waals surface area (Å²) in [5.74, 6) is 1.05. The SMILES string of the molecule is COc1ccc(SC)cc1-c1cc(N)on1. The van der Waals surface area contributed by atoms with Gasteiger partial charge in [-0.2, -0.15) is 0 Å². The van der Waals surface area contributed by atoms with Gasteiger partial charge in [0.2, 0.25) is 5.88 Å². The fourth-order valence-corrected chi connectivity index (χ4v) is 1.87. The summed E-state index contributed by atoms with van der Waals surface area (Å²) in [6, 6.07) is 7.59. The van der Waals surface area contributed by atoms with Gasteiger partial charge in [-0.05, 0) is 24.5 Å². The highest BCUT2D eigenvalue weighted by molar-refractivity contribution is 7.98. The molecule has 5 heteroatoms. The summed E-state index contributed by atoms with van der Waals surface area (Å²) in [6.07, 6.45) is 2.02. The zero-order valence-corrected chi connectivity index (χ0v) is 9.88. The zero-order valence-electron chi connectivity index (χ0n) is 9.06. The van der Waals surface area contributed by atoms with Gasteiger partial charge in [-0.1, -0.05) is 5.16 Å². The molecule has 0 saturated carbocycles. The van der Waals surface area contributed by atoms with Gasteiger partial charge in [0.15, 0.2) is 0 Å². The number of nitrogens with two attached hydrogens (primary N) is 1. The Morgan fingerprint density at radius 2 is 2.19 bits per heavy atom. The first-order valence-electron chi connectivity index (χ1n) is 4.69. The van der Waals surface area contributed by atoms with Crippen molar-refractivity contribution in [3.8, 4) is 17.0 Å². The number of nitrogen functional groups attached to an aromatic ring is 1. The maximum Gasteiger partial charge on any atom is 0.222 e. The molecule has 1 aromatic heterocycles. The zero-order chi connectivity index (χ0) is 11.5. The Bertz CT molecular complexity index is 496. The number of ether oxygens (including phenoxy) is 1. The Labute approximate surface area is 97.8 Å². The Morgan fingerprint density at radius 3 is 2.75 bits per heavy atom. The largest absolute Gasteiger partial charge is 0.496 e. The lowest BCUT2D eigenvalue weighted by Gasteiger charge is -2.07. The minimum Gasteiger partial charge on any atom is -0.496 e. The van der Waals surface area contributed by atoms with Crippen molar-refractivity contribution in [2.75, 3.05) is 19.1 Å². The smallest absolute Gasteiger partial charge is 0.222 e. The number of benzene rings is 1. The van der Waals surface area contributed by atoms with E-state index >= 15 is 0 Å². The lowest BCUT2D eigenvalue weighted by Crippen LogP contribution is -1.88. The predicted octanol–water partition coefficient (Wildman–Crippen LogP) is 2.65. The molecular formula is C11H12N2O2S. The maximum atomic E-state index is 5.50. The van der Waals surface area contributed by atoms with Gasteiger partial charge in [-0.15, -0.1) is 11.8 Å². The highest BCUT2D eigenvalue weighted by atomic mass is 32.2. The number of anilines is 1. The van der Waals surface area contributed by atoms with Crippen LogP contribution in [0.15, 0.2) is 33.7 Å². The van der Waals surface area contributed by atoms with Crippen LogP contribution in [0, 0.1) is 0 Å². The average Bonchev–Trinajstić information content (AvgIpc) is 2.75. The van der Waals surface area contributed by atoms with E-state index in [1.54, 1.807) is 24.9 Å². The van der Waals surface area contributed by atoms with E-state index in [9.17, 15) is 0 Å². The van der Waals surface area contributed by atoms with Crippen molar-refractivity contribution in [2.45, 2.75) is 4.90 Å². The summed E-state index contributed by atoms with van der Waals surface area (Å²) in [5, 5.41) is 3.88. The highest BCUT2D eigenvalue weighted by Crippen LogP contribution is 2.33. The molecule has 1 heterocycles. The summed E-state index contributed by atoms with van der Waals surface area (Å²) in [5.41, 5.74) is 7.07. The normalized spacial score (nSPS) is 10.4. The number of aromatic nitrogens is 1. The molecule has 0 atom stereocenters. The first-order chi connectivity index (χ1) is 7.74. The number of thioether (sulfide) groups is 1. The van der Waals surface area contributed by atoms with E-state index in [2.05, 4.69) is 5.16 Å². The molecule has 0 unspecified atom stereocenters. The van der Waals surface area contributed by atoms with Crippen molar-refractivity contribution in [3.63, 3.8) is 0 Å². The van der Waals surface area contributed by atoms with Gasteiger partial charge in [-0.3, -0.25) is 0 Å². The van der Waals surface area contributed by atoms with Crippen LogP contribution < -0.4 is 10.5 Å². The first-order valence-corrected chi connectivity index (χ1v) is 5.91. The molecule has 1 aromatic carbocycles. The fourth-order valence-electron chi connectivity index (χ4n) is 1.43. The second kappa shape index (κ2) is 4.49. The summed E-state index contributed by atoms with van der Waals surface area (Å²) in [7, 11) is 1.63.